The molecule has 2 aliphatic heterocycles. The van der Waals surface area contributed by atoms with E-state index in [2.05, 4.69) is 52.3 Å². The second kappa shape index (κ2) is 26.1. The molecule has 4 rings (SSSR count). The van der Waals surface area contributed by atoms with Crippen LogP contribution in [-0.2, 0) is 41.7 Å². The van der Waals surface area contributed by atoms with Crippen molar-refractivity contribution in [3.63, 3.8) is 0 Å². The molecule has 0 radical (unpaired) electrons. The maximum absolute atomic E-state index is 14.7. The van der Waals surface area contributed by atoms with Crippen molar-refractivity contribution in [1.29, 1.82) is 0 Å². The lowest BCUT2D eigenvalue weighted by atomic mass is 9.91. The molecule has 2 heterocycles. The fourth-order valence-corrected chi connectivity index (χ4v) is 8.73. The number of benzene rings is 2. The first kappa shape index (κ1) is 53.2. The second-order valence-electron chi connectivity index (χ2n) is 19.0. The van der Waals surface area contributed by atoms with Crippen LogP contribution in [0, 0.1) is 17.8 Å². The number of rotatable bonds is 20. The zero-order valence-electron chi connectivity index (χ0n) is 40.3. The molecule has 2 aromatic carbocycles. The summed E-state index contributed by atoms with van der Waals surface area (Å²) >= 11 is 1.45. The molecule has 16 heteroatoms. The number of aliphatic imine (C=N–C) groups is 1. The summed E-state index contributed by atoms with van der Waals surface area (Å²) in [6, 6.07) is 15.7. The average molecular weight is 932 g/mol. The number of hydrogen-bond acceptors (Lipinski definition) is 10. The number of nitrogens with zero attached hydrogens (tertiary/aromatic N) is 2. The van der Waals surface area contributed by atoms with E-state index < -0.39 is 65.6 Å². The number of amidine groups is 1. The number of ether oxygens (including phenoxy) is 2. The third kappa shape index (κ3) is 18.1. The van der Waals surface area contributed by atoms with Crippen molar-refractivity contribution >= 4 is 52.7 Å². The van der Waals surface area contributed by atoms with Crippen molar-refractivity contribution in [1.82, 2.24) is 31.5 Å². The molecular weight excluding hydrogens is 859 g/mol. The Morgan fingerprint density at radius 3 is 2.15 bits per heavy atom. The molecule has 2 aromatic rings. The highest BCUT2D eigenvalue weighted by Gasteiger charge is 2.39. The average Bonchev–Trinajstić information content (AvgIpc) is 3.75. The van der Waals surface area contributed by atoms with Gasteiger partial charge in [-0.3, -0.25) is 24.2 Å². The van der Waals surface area contributed by atoms with Crippen LogP contribution in [0.2, 0.25) is 0 Å². The Morgan fingerprint density at radius 1 is 0.864 bits per heavy atom. The quantitative estimate of drug-likeness (QED) is 0.0683. The van der Waals surface area contributed by atoms with Gasteiger partial charge in [0, 0.05) is 24.9 Å². The standard InChI is InChI=1S/C50H73N7O8S/c1-32(2)28-40(54-49(63)65-50(7,8)9)34(5)29-38(30-36-18-12-10-13-19-36)46(61)57-27-17-23-41(57)44(59)55-42(33(3)4)45(60)53-39(43(58)56-47-51-26-24-35(6)66-47)22-16-25-52-48(62)64-31-37-20-14-11-15-21-37/h10-15,18-21,29,32-33,35,38-42H,16-17,22-28,30-31H2,1-9H3,(H,52,62)(H,53,60)(H,54,63)(H,55,59)(H,51,56,58)/t35?,38-,39-,40+,41+,42+/m1/s1. The Labute approximate surface area is 395 Å². The minimum absolute atomic E-state index is 0.111. The fraction of sp³-hybridized carbons (Fsp3) is 0.580. The number of carbonyl (C=O) groups excluding carboxylic acids is 6. The molecule has 0 bridgehead atoms. The molecule has 0 aliphatic carbocycles. The summed E-state index contributed by atoms with van der Waals surface area (Å²) in [7, 11) is 0. The summed E-state index contributed by atoms with van der Waals surface area (Å²) in [6.45, 7) is 18.4. The van der Waals surface area contributed by atoms with Gasteiger partial charge in [-0.05, 0) is 95.6 Å². The van der Waals surface area contributed by atoms with Gasteiger partial charge in [-0.2, -0.15) is 0 Å². The molecule has 5 N–H and O–H groups in total. The topological polar surface area (TPSA) is 197 Å². The highest BCUT2D eigenvalue weighted by molar-refractivity contribution is 8.14. The van der Waals surface area contributed by atoms with E-state index >= 15 is 0 Å². The summed E-state index contributed by atoms with van der Waals surface area (Å²) in [5.41, 5.74) is 1.91. The van der Waals surface area contributed by atoms with E-state index in [4.69, 9.17) is 9.47 Å². The molecule has 6 atom stereocenters. The molecule has 0 aromatic heterocycles. The normalized spacial score (nSPS) is 18.3. The third-order valence-electron chi connectivity index (χ3n) is 11.2. The van der Waals surface area contributed by atoms with Gasteiger partial charge < -0.3 is 41.0 Å². The van der Waals surface area contributed by atoms with Crippen LogP contribution in [0.5, 0.6) is 0 Å². The van der Waals surface area contributed by atoms with E-state index in [1.54, 1.807) is 39.5 Å². The van der Waals surface area contributed by atoms with Gasteiger partial charge in [0.15, 0.2) is 5.17 Å². The Morgan fingerprint density at radius 2 is 1.53 bits per heavy atom. The van der Waals surface area contributed by atoms with Gasteiger partial charge in [0.05, 0.1) is 12.0 Å². The third-order valence-corrected chi connectivity index (χ3v) is 12.3. The van der Waals surface area contributed by atoms with E-state index in [1.165, 1.54) is 11.8 Å². The van der Waals surface area contributed by atoms with E-state index in [9.17, 15) is 28.8 Å². The number of hydrogen-bond donors (Lipinski definition) is 5. The molecule has 0 spiro atoms. The lowest BCUT2D eigenvalue weighted by Crippen LogP contribution is -2.58. The van der Waals surface area contributed by atoms with Crippen molar-refractivity contribution < 1.29 is 38.2 Å². The largest absolute Gasteiger partial charge is 0.445 e. The van der Waals surface area contributed by atoms with Crippen LogP contribution in [0.1, 0.15) is 112 Å². The zero-order chi connectivity index (χ0) is 48.4. The van der Waals surface area contributed by atoms with E-state index in [0.717, 1.165) is 23.1 Å². The van der Waals surface area contributed by atoms with Crippen LogP contribution in [0.15, 0.2) is 77.3 Å². The maximum atomic E-state index is 14.7. The van der Waals surface area contributed by atoms with Crippen LogP contribution < -0.4 is 26.6 Å². The van der Waals surface area contributed by atoms with Crippen molar-refractivity contribution in [3.05, 3.63) is 83.4 Å². The van der Waals surface area contributed by atoms with Gasteiger partial charge in [-0.25, -0.2) is 9.59 Å². The van der Waals surface area contributed by atoms with E-state index in [1.807, 2.05) is 73.7 Å². The van der Waals surface area contributed by atoms with Gasteiger partial charge >= 0.3 is 12.2 Å². The van der Waals surface area contributed by atoms with E-state index in [0.29, 0.717) is 50.4 Å². The Bertz CT molecular complexity index is 1990. The summed E-state index contributed by atoms with van der Waals surface area (Å²) in [6.07, 6.45) is 4.15. The molecule has 1 fully saturated rings. The van der Waals surface area contributed by atoms with Gasteiger partial charge in [0.2, 0.25) is 23.6 Å². The first-order valence-electron chi connectivity index (χ1n) is 23.4. The number of likely N-dealkylation sites (tertiary alicyclic amines) is 1. The molecule has 2 aliphatic rings. The number of amides is 6. The SMILES string of the molecule is CC(=C[C@H](Cc1ccccc1)C(=O)N1CCC[C@H]1C(=O)N[C@H](C(=O)N[C@H](CCCNC(=O)OCc1ccccc1)C(=O)NC1=NCCC(C)S1)C(C)C)[C@H](CC(C)C)NC(=O)OC(C)(C)C. The number of nitrogens with one attached hydrogen (secondary N) is 5. The summed E-state index contributed by atoms with van der Waals surface area (Å²) < 4.78 is 10.9. The van der Waals surface area contributed by atoms with Crippen molar-refractivity contribution in [3.8, 4) is 0 Å². The molecule has 1 unspecified atom stereocenters. The molecule has 1 saturated heterocycles. The number of alkyl carbamates (subject to hydrolysis) is 2. The van der Waals surface area contributed by atoms with Crippen LogP contribution in [0.3, 0.4) is 0 Å². The first-order valence-corrected chi connectivity index (χ1v) is 24.3. The molecule has 66 heavy (non-hydrogen) atoms. The molecule has 15 nitrogen and oxygen atoms in total. The van der Waals surface area contributed by atoms with Gasteiger partial charge in [0.25, 0.3) is 0 Å². The summed E-state index contributed by atoms with van der Waals surface area (Å²) in [4.78, 5) is 88.3. The smallest absolute Gasteiger partial charge is 0.408 e. The Kier molecular flexibility index (Phi) is 21.0. The van der Waals surface area contributed by atoms with Crippen molar-refractivity contribution in [2.45, 2.75) is 149 Å². The number of carbonyl (C=O) groups is 6. The molecule has 362 valence electrons. The fourth-order valence-electron chi connectivity index (χ4n) is 7.80. The summed E-state index contributed by atoms with van der Waals surface area (Å²) in [5.74, 6) is -2.50. The van der Waals surface area contributed by atoms with Gasteiger partial charge in [0.1, 0.15) is 30.3 Å². The van der Waals surface area contributed by atoms with Crippen LogP contribution in [0.4, 0.5) is 9.59 Å². The van der Waals surface area contributed by atoms with Gasteiger partial charge in [-0.15, -0.1) is 0 Å². The minimum Gasteiger partial charge on any atom is -0.445 e. The number of thioether (sulfide) groups is 1. The predicted octanol–water partition coefficient (Wildman–Crippen LogP) is 7.05. The van der Waals surface area contributed by atoms with Crippen LogP contribution in [-0.4, -0.2) is 101 Å². The van der Waals surface area contributed by atoms with E-state index in [-0.39, 0.29) is 42.6 Å². The zero-order valence-corrected chi connectivity index (χ0v) is 41.1. The van der Waals surface area contributed by atoms with Crippen LogP contribution in [0.25, 0.3) is 0 Å². The Hall–Kier alpha value is -5.38. The first-order chi connectivity index (χ1) is 31.3. The monoisotopic (exact) mass is 932 g/mol. The predicted molar refractivity (Wildman–Crippen MR) is 259 cm³/mol. The lowest BCUT2D eigenvalue weighted by molar-refractivity contribution is -0.141. The highest BCUT2D eigenvalue weighted by Crippen LogP contribution is 2.26. The van der Waals surface area contributed by atoms with Crippen molar-refractivity contribution in [2.24, 2.45) is 22.7 Å². The van der Waals surface area contributed by atoms with Gasteiger partial charge in [-0.1, -0.05) is 119 Å². The van der Waals surface area contributed by atoms with Crippen LogP contribution >= 0.6 is 11.8 Å². The lowest BCUT2D eigenvalue weighted by Gasteiger charge is -2.31. The maximum Gasteiger partial charge on any atom is 0.408 e. The molecular formula is C50H73N7O8S. The summed E-state index contributed by atoms with van der Waals surface area (Å²) in [5, 5.41) is 15.2. The second-order valence-corrected chi connectivity index (χ2v) is 20.5. The molecule has 0 saturated carbocycles. The molecule has 6 amide bonds. The Balaban J connectivity index is 1.49. The van der Waals surface area contributed by atoms with Crippen molar-refractivity contribution in [2.75, 3.05) is 19.6 Å². The highest BCUT2D eigenvalue weighted by atomic mass is 32.2. The minimum atomic E-state index is -1.03.